The number of carbonyl (C=O) groups is 1. The van der Waals surface area contributed by atoms with E-state index in [2.05, 4.69) is 69.0 Å². The quantitative estimate of drug-likeness (QED) is 0.818. The van der Waals surface area contributed by atoms with Crippen molar-refractivity contribution in [2.75, 3.05) is 31.1 Å². The molecule has 0 atom stereocenters. The lowest BCUT2D eigenvalue weighted by Gasteiger charge is -2.36. The minimum Gasteiger partial charge on any atom is -0.368 e. The SMILES string of the molecule is Cc1cccc(N2CCN(C(=O)c3ccc(C(C)(C)C)cc3)CC2)c1. The normalized spacial score (nSPS) is 15.4. The minimum atomic E-state index is 0.112. The lowest BCUT2D eigenvalue weighted by molar-refractivity contribution is 0.0746. The molecular weight excluding hydrogens is 308 g/mol. The second-order valence-corrected chi connectivity index (χ2v) is 7.95. The number of aryl methyl sites for hydroxylation is 1. The van der Waals surface area contributed by atoms with E-state index in [-0.39, 0.29) is 11.3 Å². The van der Waals surface area contributed by atoms with E-state index in [1.165, 1.54) is 16.8 Å². The maximum Gasteiger partial charge on any atom is 0.253 e. The first-order valence-corrected chi connectivity index (χ1v) is 9.06. The van der Waals surface area contributed by atoms with Gasteiger partial charge in [-0.2, -0.15) is 0 Å². The Labute approximate surface area is 151 Å². The van der Waals surface area contributed by atoms with Crippen molar-refractivity contribution in [3.8, 4) is 0 Å². The Bertz CT molecular complexity index is 735. The molecule has 25 heavy (non-hydrogen) atoms. The molecule has 1 saturated heterocycles. The highest BCUT2D eigenvalue weighted by molar-refractivity contribution is 5.94. The lowest BCUT2D eigenvalue weighted by Crippen LogP contribution is -2.48. The number of hydrogen-bond donors (Lipinski definition) is 0. The molecule has 3 nitrogen and oxygen atoms in total. The van der Waals surface area contributed by atoms with Gasteiger partial charge in [0.2, 0.25) is 0 Å². The van der Waals surface area contributed by atoms with E-state index in [9.17, 15) is 4.79 Å². The summed E-state index contributed by atoms with van der Waals surface area (Å²) in [7, 11) is 0. The van der Waals surface area contributed by atoms with Crippen LogP contribution in [0.25, 0.3) is 0 Å². The zero-order valence-corrected chi connectivity index (χ0v) is 15.7. The summed E-state index contributed by atoms with van der Waals surface area (Å²) in [4.78, 5) is 17.1. The minimum absolute atomic E-state index is 0.112. The molecule has 3 rings (SSSR count). The number of piperazine rings is 1. The van der Waals surface area contributed by atoms with Gasteiger partial charge in [-0.25, -0.2) is 0 Å². The van der Waals surface area contributed by atoms with Crippen LogP contribution in [0.2, 0.25) is 0 Å². The molecule has 2 aromatic carbocycles. The van der Waals surface area contributed by atoms with Crippen LogP contribution in [0, 0.1) is 6.92 Å². The van der Waals surface area contributed by atoms with Crippen molar-refractivity contribution < 1.29 is 4.79 Å². The highest BCUT2D eigenvalue weighted by Gasteiger charge is 2.23. The Kier molecular flexibility index (Phi) is 4.85. The van der Waals surface area contributed by atoms with Crippen LogP contribution in [0.1, 0.15) is 42.3 Å². The number of benzene rings is 2. The van der Waals surface area contributed by atoms with Crippen LogP contribution in [0.15, 0.2) is 48.5 Å². The van der Waals surface area contributed by atoms with Gasteiger partial charge in [-0.3, -0.25) is 4.79 Å². The predicted molar refractivity (Wildman–Crippen MR) is 104 cm³/mol. The van der Waals surface area contributed by atoms with E-state index in [1.54, 1.807) is 0 Å². The number of hydrogen-bond acceptors (Lipinski definition) is 2. The van der Waals surface area contributed by atoms with Crippen molar-refractivity contribution in [1.29, 1.82) is 0 Å². The van der Waals surface area contributed by atoms with Crippen molar-refractivity contribution in [1.82, 2.24) is 4.90 Å². The predicted octanol–water partition coefficient (Wildman–Crippen LogP) is 4.25. The van der Waals surface area contributed by atoms with Crippen LogP contribution >= 0.6 is 0 Å². The first kappa shape index (κ1) is 17.5. The zero-order valence-electron chi connectivity index (χ0n) is 15.7. The van der Waals surface area contributed by atoms with E-state index >= 15 is 0 Å². The highest BCUT2D eigenvalue weighted by atomic mass is 16.2. The molecule has 0 unspecified atom stereocenters. The maximum atomic E-state index is 12.8. The van der Waals surface area contributed by atoms with Gasteiger partial charge in [-0.05, 0) is 47.7 Å². The van der Waals surface area contributed by atoms with Crippen LogP contribution < -0.4 is 4.90 Å². The third kappa shape index (κ3) is 4.04. The molecule has 2 aromatic rings. The van der Waals surface area contributed by atoms with Gasteiger partial charge in [0.1, 0.15) is 0 Å². The topological polar surface area (TPSA) is 23.6 Å². The molecule has 0 spiro atoms. The van der Waals surface area contributed by atoms with Gasteiger partial charge >= 0.3 is 0 Å². The molecule has 0 N–H and O–H groups in total. The summed E-state index contributed by atoms with van der Waals surface area (Å²) in [6, 6.07) is 16.7. The Morgan fingerprint density at radius 1 is 0.920 bits per heavy atom. The second-order valence-electron chi connectivity index (χ2n) is 7.95. The molecule has 132 valence electrons. The summed E-state index contributed by atoms with van der Waals surface area (Å²) in [5, 5.41) is 0. The average Bonchev–Trinajstić information content (AvgIpc) is 2.61. The van der Waals surface area contributed by atoms with Gasteiger partial charge in [0.15, 0.2) is 0 Å². The van der Waals surface area contributed by atoms with Crippen LogP contribution in [-0.4, -0.2) is 37.0 Å². The van der Waals surface area contributed by atoms with Gasteiger partial charge in [-0.1, -0.05) is 45.0 Å². The average molecular weight is 336 g/mol. The Morgan fingerprint density at radius 3 is 2.12 bits per heavy atom. The number of carbonyl (C=O) groups excluding carboxylic acids is 1. The van der Waals surface area contributed by atoms with Crippen LogP contribution in [-0.2, 0) is 5.41 Å². The summed E-state index contributed by atoms with van der Waals surface area (Å²) >= 11 is 0. The van der Waals surface area contributed by atoms with Crippen molar-refractivity contribution >= 4 is 11.6 Å². The molecule has 1 fully saturated rings. The number of nitrogens with zero attached hydrogens (tertiary/aromatic N) is 2. The molecule has 0 bridgehead atoms. The summed E-state index contributed by atoms with van der Waals surface area (Å²) in [6.07, 6.45) is 0. The van der Waals surface area contributed by atoms with Crippen LogP contribution in [0.5, 0.6) is 0 Å². The van der Waals surface area contributed by atoms with Crippen LogP contribution in [0.3, 0.4) is 0 Å². The Hall–Kier alpha value is -2.29. The first-order chi connectivity index (χ1) is 11.8. The lowest BCUT2D eigenvalue weighted by atomic mass is 9.86. The molecule has 1 aliphatic heterocycles. The van der Waals surface area contributed by atoms with Gasteiger partial charge < -0.3 is 9.80 Å². The molecule has 0 radical (unpaired) electrons. The third-order valence-corrected chi connectivity index (χ3v) is 4.93. The fourth-order valence-corrected chi connectivity index (χ4v) is 3.29. The maximum absolute atomic E-state index is 12.8. The van der Waals surface area contributed by atoms with E-state index in [4.69, 9.17) is 0 Å². The summed E-state index contributed by atoms with van der Waals surface area (Å²) in [5.41, 5.74) is 4.68. The van der Waals surface area contributed by atoms with E-state index in [0.29, 0.717) is 0 Å². The molecular formula is C22H28N2O. The first-order valence-electron chi connectivity index (χ1n) is 9.06. The van der Waals surface area contributed by atoms with Gasteiger partial charge in [0.25, 0.3) is 5.91 Å². The molecule has 3 heteroatoms. The molecule has 0 saturated carbocycles. The fourth-order valence-electron chi connectivity index (χ4n) is 3.29. The standard InChI is InChI=1S/C22H28N2O/c1-17-6-5-7-20(16-17)23-12-14-24(15-13-23)21(25)18-8-10-19(11-9-18)22(2,3)4/h5-11,16H,12-15H2,1-4H3. The monoisotopic (exact) mass is 336 g/mol. The van der Waals surface area contributed by atoms with Gasteiger partial charge in [0, 0.05) is 37.4 Å². The highest BCUT2D eigenvalue weighted by Crippen LogP contribution is 2.23. The molecule has 1 amide bonds. The molecule has 1 heterocycles. The largest absolute Gasteiger partial charge is 0.368 e. The summed E-state index contributed by atoms with van der Waals surface area (Å²) < 4.78 is 0. The third-order valence-electron chi connectivity index (χ3n) is 4.93. The molecule has 0 aliphatic carbocycles. The van der Waals surface area contributed by atoms with Crippen molar-refractivity contribution in [2.45, 2.75) is 33.1 Å². The summed E-state index contributed by atoms with van der Waals surface area (Å²) in [6.45, 7) is 12.0. The van der Waals surface area contributed by atoms with Crippen molar-refractivity contribution in [3.05, 3.63) is 65.2 Å². The van der Waals surface area contributed by atoms with E-state index in [0.717, 1.165) is 31.7 Å². The zero-order chi connectivity index (χ0) is 18.0. The van der Waals surface area contributed by atoms with Gasteiger partial charge in [0.05, 0.1) is 0 Å². The molecule has 1 aliphatic rings. The smallest absolute Gasteiger partial charge is 0.253 e. The Morgan fingerprint density at radius 2 is 1.56 bits per heavy atom. The Balaban J connectivity index is 1.63. The van der Waals surface area contributed by atoms with E-state index in [1.807, 2.05) is 17.0 Å². The number of rotatable bonds is 2. The molecule has 0 aromatic heterocycles. The second kappa shape index (κ2) is 6.91. The van der Waals surface area contributed by atoms with Crippen LogP contribution in [0.4, 0.5) is 5.69 Å². The fraction of sp³-hybridized carbons (Fsp3) is 0.409. The number of amides is 1. The summed E-state index contributed by atoms with van der Waals surface area (Å²) in [5.74, 6) is 0.143. The number of anilines is 1. The van der Waals surface area contributed by atoms with Gasteiger partial charge in [-0.15, -0.1) is 0 Å². The van der Waals surface area contributed by atoms with Crippen molar-refractivity contribution in [3.63, 3.8) is 0 Å². The van der Waals surface area contributed by atoms with E-state index < -0.39 is 0 Å². The van der Waals surface area contributed by atoms with Crippen molar-refractivity contribution in [2.24, 2.45) is 0 Å².